The van der Waals surface area contributed by atoms with Crippen molar-refractivity contribution in [3.63, 3.8) is 0 Å². The number of rotatable bonds is 4. The summed E-state index contributed by atoms with van der Waals surface area (Å²) in [5, 5.41) is 6.84. The van der Waals surface area contributed by atoms with Gasteiger partial charge < -0.3 is 14.6 Å². The largest absolute Gasteiger partial charge is 0.377 e. The van der Waals surface area contributed by atoms with E-state index in [-0.39, 0.29) is 17.9 Å². The van der Waals surface area contributed by atoms with Crippen molar-refractivity contribution >= 4 is 5.91 Å². The molecule has 1 aromatic heterocycles. The van der Waals surface area contributed by atoms with Crippen LogP contribution in [0.1, 0.15) is 58.7 Å². The highest BCUT2D eigenvalue weighted by atomic mass is 16.5. The van der Waals surface area contributed by atoms with Crippen LogP contribution in [0, 0.1) is 5.92 Å². The zero-order valence-electron chi connectivity index (χ0n) is 12.8. The molecular weight excluding hydrogens is 258 g/mol. The molecule has 0 spiro atoms. The summed E-state index contributed by atoms with van der Waals surface area (Å²) in [6, 6.07) is 0. The van der Waals surface area contributed by atoms with E-state index in [2.05, 4.69) is 29.3 Å². The molecule has 0 bridgehead atoms. The van der Waals surface area contributed by atoms with Crippen LogP contribution in [0.15, 0.2) is 4.52 Å². The van der Waals surface area contributed by atoms with Crippen molar-refractivity contribution in [1.82, 2.24) is 15.5 Å². The molecule has 2 atom stereocenters. The number of nitrogens with one attached hydrogen (secondary N) is 1. The predicted octanol–water partition coefficient (Wildman–Crippen LogP) is 1.97. The average Bonchev–Trinajstić information content (AvgIpc) is 2.96. The van der Waals surface area contributed by atoms with Gasteiger partial charge in [0.15, 0.2) is 5.82 Å². The van der Waals surface area contributed by atoms with E-state index in [4.69, 9.17) is 9.26 Å². The lowest BCUT2D eigenvalue weighted by Crippen LogP contribution is -2.40. The molecule has 1 aliphatic rings. The molecule has 20 heavy (non-hydrogen) atoms. The third-order valence-corrected chi connectivity index (χ3v) is 3.60. The van der Waals surface area contributed by atoms with Crippen LogP contribution in [0.25, 0.3) is 0 Å². The minimum absolute atomic E-state index is 0.118. The van der Waals surface area contributed by atoms with Crippen LogP contribution in [-0.4, -0.2) is 28.8 Å². The molecule has 1 amide bonds. The minimum Gasteiger partial charge on any atom is -0.377 e. The SMILES string of the molecule is CC(=O)NC(C)(C)c1noc([C@@H]2CCO[C@H]2C(C)C)n1. The Kier molecular flexibility index (Phi) is 4.13. The number of ether oxygens (including phenoxy) is 1. The minimum atomic E-state index is -0.639. The second-order valence-electron chi connectivity index (χ2n) is 6.24. The molecule has 2 heterocycles. The number of carbonyl (C=O) groups is 1. The Morgan fingerprint density at radius 2 is 2.15 bits per heavy atom. The maximum atomic E-state index is 11.2. The Bertz CT molecular complexity index is 482. The van der Waals surface area contributed by atoms with Gasteiger partial charge in [-0.25, -0.2) is 0 Å². The van der Waals surface area contributed by atoms with Crippen molar-refractivity contribution in [3.8, 4) is 0 Å². The summed E-state index contributed by atoms with van der Waals surface area (Å²) < 4.78 is 11.1. The number of hydrogen-bond acceptors (Lipinski definition) is 5. The summed E-state index contributed by atoms with van der Waals surface area (Å²) in [6.45, 7) is 10.2. The molecule has 1 fully saturated rings. The molecule has 0 unspecified atom stereocenters. The molecule has 0 aromatic carbocycles. The van der Waals surface area contributed by atoms with Gasteiger partial charge >= 0.3 is 0 Å². The van der Waals surface area contributed by atoms with E-state index in [1.54, 1.807) is 0 Å². The van der Waals surface area contributed by atoms with Gasteiger partial charge in [-0.2, -0.15) is 4.98 Å². The van der Waals surface area contributed by atoms with Gasteiger partial charge in [0.2, 0.25) is 11.8 Å². The number of carbonyl (C=O) groups excluding carboxylic acids is 1. The van der Waals surface area contributed by atoms with Gasteiger partial charge in [-0.15, -0.1) is 0 Å². The summed E-state index contributed by atoms with van der Waals surface area (Å²) in [4.78, 5) is 15.7. The van der Waals surface area contributed by atoms with Crippen molar-refractivity contribution in [2.75, 3.05) is 6.61 Å². The molecule has 1 aliphatic heterocycles. The quantitative estimate of drug-likeness (QED) is 0.913. The fraction of sp³-hybridized carbons (Fsp3) is 0.786. The second kappa shape index (κ2) is 5.52. The smallest absolute Gasteiger partial charge is 0.232 e. The maximum Gasteiger partial charge on any atom is 0.232 e. The summed E-state index contributed by atoms with van der Waals surface area (Å²) in [7, 11) is 0. The van der Waals surface area contributed by atoms with Crippen molar-refractivity contribution in [3.05, 3.63) is 11.7 Å². The number of hydrogen-bond donors (Lipinski definition) is 1. The zero-order chi connectivity index (χ0) is 14.9. The Balaban J connectivity index is 2.18. The van der Waals surface area contributed by atoms with Crippen molar-refractivity contribution in [1.29, 1.82) is 0 Å². The Labute approximate surface area is 119 Å². The third-order valence-electron chi connectivity index (χ3n) is 3.60. The van der Waals surface area contributed by atoms with Crippen LogP contribution in [0.4, 0.5) is 0 Å². The van der Waals surface area contributed by atoms with Gasteiger partial charge in [0, 0.05) is 13.5 Å². The lowest BCUT2D eigenvalue weighted by Gasteiger charge is -2.21. The van der Waals surface area contributed by atoms with Gasteiger partial charge in [0.05, 0.1) is 17.6 Å². The first kappa shape index (κ1) is 15.0. The number of amides is 1. The second-order valence-corrected chi connectivity index (χ2v) is 6.24. The Morgan fingerprint density at radius 3 is 2.75 bits per heavy atom. The van der Waals surface area contributed by atoms with Crippen LogP contribution in [-0.2, 0) is 15.1 Å². The summed E-state index contributed by atoms with van der Waals surface area (Å²) in [6.07, 6.45) is 1.01. The molecule has 0 radical (unpaired) electrons. The molecule has 1 N–H and O–H groups in total. The summed E-state index contributed by atoms with van der Waals surface area (Å²) >= 11 is 0. The van der Waals surface area contributed by atoms with Gasteiger partial charge in [0.1, 0.15) is 0 Å². The fourth-order valence-electron chi connectivity index (χ4n) is 2.67. The molecule has 6 nitrogen and oxygen atoms in total. The highest BCUT2D eigenvalue weighted by molar-refractivity contribution is 5.73. The monoisotopic (exact) mass is 281 g/mol. The van der Waals surface area contributed by atoms with Crippen LogP contribution < -0.4 is 5.32 Å². The van der Waals surface area contributed by atoms with Gasteiger partial charge in [0.25, 0.3) is 0 Å². The van der Waals surface area contributed by atoms with Crippen LogP contribution >= 0.6 is 0 Å². The van der Waals surface area contributed by atoms with Gasteiger partial charge in [-0.3, -0.25) is 4.79 Å². The summed E-state index contributed by atoms with van der Waals surface area (Å²) in [5.74, 6) is 1.53. The van der Waals surface area contributed by atoms with E-state index >= 15 is 0 Å². The molecule has 2 rings (SSSR count). The molecule has 6 heteroatoms. The normalized spacial score (nSPS) is 23.3. The van der Waals surface area contributed by atoms with E-state index in [1.165, 1.54) is 6.92 Å². The molecule has 0 saturated carbocycles. The van der Waals surface area contributed by atoms with E-state index in [0.717, 1.165) is 13.0 Å². The molecule has 1 aromatic rings. The van der Waals surface area contributed by atoms with Crippen LogP contribution in [0.2, 0.25) is 0 Å². The zero-order valence-corrected chi connectivity index (χ0v) is 12.8. The third kappa shape index (κ3) is 3.00. The molecule has 112 valence electrons. The van der Waals surface area contributed by atoms with E-state index in [1.807, 2.05) is 13.8 Å². The average molecular weight is 281 g/mol. The van der Waals surface area contributed by atoms with Crippen molar-refractivity contribution < 1.29 is 14.1 Å². The van der Waals surface area contributed by atoms with Crippen molar-refractivity contribution in [2.45, 2.75) is 58.6 Å². The first-order valence-corrected chi connectivity index (χ1v) is 7.05. The maximum absolute atomic E-state index is 11.2. The first-order chi connectivity index (χ1) is 9.31. The predicted molar refractivity (Wildman–Crippen MR) is 73.1 cm³/mol. The van der Waals surface area contributed by atoms with Crippen LogP contribution in [0.3, 0.4) is 0 Å². The van der Waals surface area contributed by atoms with E-state index in [0.29, 0.717) is 17.6 Å². The van der Waals surface area contributed by atoms with Gasteiger partial charge in [-0.05, 0) is 26.2 Å². The Hall–Kier alpha value is -1.43. The fourth-order valence-corrected chi connectivity index (χ4v) is 2.67. The van der Waals surface area contributed by atoms with Crippen molar-refractivity contribution in [2.24, 2.45) is 5.92 Å². The molecule has 0 aliphatic carbocycles. The highest BCUT2D eigenvalue weighted by Crippen LogP contribution is 2.35. The topological polar surface area (TPSA) is 77.2 Å². The number of aromatic nitrogens is 2. The Morgan fingerprint density at radius 1 is 1.45 bits per heavy atom. The molecule has 1 saturated heterocycles. The van der Waals surface area contributed by atoms with E-state index in [9.17, 15) is 4.79 Å². The lowest BCUT2D eigenvalue weighted by molar-refractivity contribution is -0.120. The highest BCUT2D eigenvalue weighted by Gasteiger charge is 2.37. The standard InChI is InChI=1S/C14H23N3O3/c1-8(2)11-10(6-7-19-11)12-15-13(17-20-12)14(4,5)16-9(3)18/h8,10-11H,6-7H2,1-5H3,(H,16,18)/t10-,11+/m1/s1. The lowest BCUT2D eigenvalue weighted by atomic mass is 9.93. The van der Waals surface area contributed by atoms with Gasteiger partial charge in [-0.1, -0.05) is 19.0 Å². The van der Waals surface area contributed by atoms with Crippen LogP contribution in [0.5, 0.6) is 0 Å². The number of nitrogens with zero attached hydrogens (tertiary/aromatic N) is 2. The molecular formula is C14H23N3O3. The summed E-state index contributed by atoms with van der Waals surface area (Å²) in [5.41, 5.74) is -0.639. The van der Waals surface area contributed by atoms with E-state index < -0.39 is 5.54 Å². The first-order valence-electron chi connectivity index (χ1n) is 7.05.